The Hall–Kier alpha value is -3.48. The van der Waals surface area contributed by atoms with E-state index < -0.39 is 0 Å². The molecule has 1 aliphatic rings. The highest BCUT2D eigenvalue weighted by Crippen LogP contribution is 2.16. The van der Waals surface area contributed by atoms with Gasteiger partial charge in [-0.15, -0.1) is 0 Å². The van der Waals surface area contributed by atoms with Crippen molar-refractivity contribution in [1.29, 1.82) is 0 Å². The number of carbonyl (C=O) groups excluding carboxylic acids is 3. The molecule has 3 amide bonds. The van der Waals surface area contributed by atoms with Crippen LogP contribution in [-0.2, 0) is 16.1 Å². The topological polar surface area (TPSA) is 82.1 Å². The van der Waals surface area contributed by atoms with E-state index in [0.29, 0.717) is 23.5 Å². The van der Waals surface area contributed by atoms with Crippen LogP contribution in [0.15, 0.2) is 59.7 Å². The number of carbonyl (C=O) groups is 3. The van der Waals surface area contributed by atoms with Gasteiger partial charge in [-0.25, -0.2) is 5.01 Å². The van der Waals surface area contributed by atoms with Gasteiger partial charge in [-0.3, -0.25) is 14.4 Å². The Kier molecular flexibility index (Phi) is 5.84. The second-order valence-electron chi connectivity index (χ2n) is 6.72. The molecule has 0 unspecified atom stereocenters. The Balaban J connectivity index is 1.73. The van der Waals surface area contributed by atoms with E-state index >= 15 is 0 Å². The first-order valence-electron chi connectivity index (χ1n) is 8.99. The van der Waals surface area contributed by atoms with E-state index in [1.807, 2.05) is 30.3 Å². The zero-order chi connectivity index (χ0) is 20.1. The van der Waals surface area contributed by atoms with E-state index in [2.05, 4.69) is 10.4 Å². The highest BCUT2D eigenvalue weighted by Gasteiger charge is 2.24. The number of rotatable bonds is 5. The third-order valence-corrected chi connectivity index (χ3v) is 4.32. The van der Waals surface area contributed by atoms with Crippen molar-refractivity contribution < 1.29 is 14.4 Å². The van der Waals surface area contributed by atoms with Gasteiger partial charge < -0.3 is 10.2 Å². The van der Waals surface area contributed by atoms with Gasteiger partial charge in [0.1, 0.15) is 5.71 Å². The number of amides is 3. The van der Waals surface area contributed by atoms with Crippen molar-refractivity contribution >= 4 is 29.1 Å². The van der Waals surface area contributed by atoms with Gasteiger partial charge >= 0.3 is 0 Å². The van der Waals surface area contributed by atoms with Crippen molar-refractivity contribution in [3.63, 3.8) is 0 Å². The first kappa shape index (κ1) is 19.3. The first-order valence-corrected chi connectivity index (χ1v) is 8.99. The summed E-state index contributed by atoms with van der Waals surface area (Å²) in [6.07, 6.45) is 0.518. The van der Waals surface area contributed by atoms with Crippen molar-refractivity contribution in [2.75, 3.05) is 19.4 Å². The standard InChI is InChI=1S/C21H22N4O3/c1-24(2)21(28)16-9-6-10-17(13-16)22-20(27)18-11-12-19(26)25(23-18)14-15-7-4-3-5-8-15/h3-10,13H,11-12,14H2,1-2H3,(H,22,27). The van der Waals surface area contributed by atoms with Crippen molar-refractivity contribution in [3.8, 4) is 0 Å². The van der Waals surface area contributed by atoms with Gasteiger partial charge in [0.2, 0.25) is 5.91 Å². The molecule has 0 saturated heterocycles. The molecule has 2 aromatic rings. The molecule has 0 atom stereocenters. The van der Waals surface area contributed by atoms with Crippen LogP contribution in [0.1, 0.15) is 28.8 Å². The molecule has 0 aliphatic carbocycles. The highest BCUT2D eigenvalue weighted by molar-refractivity contribution is 6.43. The number of hydrogen-bond acceptors (Lipinski definition) is 4. The third-order valence-electron chi connectivity index (χ3n) is 4.32. The van der Waals surface area contributed by atoms with Crippen molar-refractivity contribution in [3.05, 3.63) is 65.7 Å². The summed E-state index contributed by atoms with van der Waals surface area (Å²) in [4.78, 5) is 38.3. The Morgan fingerprint density at radius 2 is 1.82 bits per heavy atom. The summed E-state index contributed by atoms with van der Waals surface area (Å²) in [6.45, 7) is 0.323. The molecule has 7 nitrogen and oxygen atoms in total. The zero-order valence-electron chi connectivity index (χ0n) is 15.9. The summed E-state index contributed by atoms with van der Waals surface area (Å²) in [6, 6.07) is 16.2. The van der Waals surface area contributed by atoms with Gasteiger partial charge in [-0.1, -0.05) is 36.4 Å². The molecule has 0 aromatic heterocycles. The van der Waals surface area contributed by atoms with Crippen LogP contribution in [0.3, 0.4) is 0 Å². The number of hydrazone groups is 1. The largest absolute Gasteiger partial charge is 0.345 e. The number of hydrogen-bond donors (Lipinski definition) is 1. The van der Waals surface area contributed by atoms with Gasteiger partial charge in [0.05, 0.1) is 6.54 Å². The van der Waals surface area contributed by atoms with E-state index in [4.69, 9.17) is 0 Å². The average molecular weight is 378 g/mol. The lowest BCUT2D eigenvalue weighted by Gasteiger charge is -2.23. The lowest BCUT2D eigenvalue weighted by Crippen LogP contribution is -2.36. The lowest BCUT2D eigenvalue weighted by atomic mass is 10.1. The summed E-state index contributed by atoms with van der Waals surface area (Å²) in [5.41, 5.74) is 2.22. The summed E-state index contributed by atoms with van der Waals surface area (Å²) in [5.74, 6) is -0.635. The predicted molar refractivity (Wildman–Crippen MR) is 107 cm³/mol. The van der Waals surface area contributed by atoms with E-state index in [9.17, 15) is 14.4 Å². The fourth-order valence-electron chi connectivity index (χ4n) is 2.84. The minimum Gasteiger partial charge on any atom is -0.345 e. The van der Waals surface area contributed by atoms with Gasteiger partial charge in [0, 0.05) is 38.2 Å². The lowest BCUT2D eigenvalue weighted by molar-refractivity contribution is -0.132. The Morgan fingerprint density at radius 3 is 2.54 bits per heavy atom. The maximum Gasteiger partial charge on any atom is 0.271 e. The Labute approximate surface area is 163 Å². The van der Waals surface area contributed by atoms with Crippen molar-refractivity contribution in [1.82, 2.24) is 9.91 Å². The van der Waals surface area contributed by atoms with Crippen LogP contribution in [0.5, 0.6) is 0 Å². The molecule has 0 fully saturated rings. The molecule has 3 rings (SSSR count). The normalized spacial score (nSPS) is 13.7. The number of nitrogens with zero attached hydrogens (tertiary/aromatic N) is 3. The molecule has 0 spiro atoms. The quantitative estimate of drug-likeness (QED) is 0.868. The maximum absolute atomic E-state index is 12.6. The second kappa shape index (κ2) is 8.47. The van der Waals surface area contributed by atoms with E-state index in [1.54, 1.807) is 38.4 Å². The third kappa shape index (κ3) is 4.62. The molecule has 144 valence electrons. The smallest absolute Gasteiger partial charge is 0.271 e. The summed E-state index contributed by atoms with van der Waals surface area (Å²) >= 11 is 0. The van der Waals surface area contributed by atoms with Crippen molar-refractivity contribution in [2.45, 2.75) is 19.4 Å². The number of nitrogens with one attached hydrogen (secondary N) is 1. The van der Waals surface area contributed by atoms with Crippen LogP contribution in [0.4, 0.5) is 5.69 Å². The molecule has 0 radical (unpaired) electrons. The highest BCUT2D eigenvalue weighted by atomic mass is 16.2. The summed E-state index contributed by atoms with van der Waals surface area (Å²) in [7, 11) is 3.34. The minimum absolute atomic E-state index is 0.112. The summed E-state index contributed by atoms with van der Waals surface area (Å²) in [5, 5.41) is 8.35. The van der Waals surface area contributed by atoms with E-state index in [-0.39, 0.29) is 30.6 Å². The second-order valence-corrected chi connectivity index (χ2v) is 6.72. The molecule has 1 aliphatic heterocycles. The zero-order valence-corrected chi connectivity index (χ0v) is 15.9. The van der Waals surface area contributed by atoms with Gasteiger partial charge in [0.15, 0.2) is 0 Å². The van der Waals surface area contributed by atoms with Gasteiger partial charge in [0.25, 0.3) is 11.8 Å². The molecule has 0 saturated carbocycles. The molecule has 0 bridgehead atoms. The minimum atomic E-state index is -0.375. The fourth-order valence-corrected chi connectivity index (χ4v) is 2.84. The Morgan fingerprint density at radius 1 is 1.07 bits per heavy atom. The van der Waals surface area contributed by atoms with Crippen LogP contribution in [0, 0.1) is 0 Å². The molecule has 28 heavy (non-hydrogen) atoms. The number of benzene rings is 2. The first-order chi connectivity index (χ1) is 13.4. The average Bonchev–Trinajstić information content (AvgIpc) is 2.70. The molecule has 1 N–H and O–H groups in total. The SMILES string of the molecule is CN(C)C(=O)c1cccc(NC(=O)C2=NN(Cc3ccccc3)C(=O)CC2)c1. The fraction of sp³-hybridized carbons (Fsp3) is 0.238. The van der Waals surface area contributed by atoms with Crippen molar-refractivity contribution in [2.24, 2.45) is 5.10 Å². The van der Waals surface area contributed by atoms with E-state index in [1.165, 1.54) is 9.91 Å². The maximum atomic E-state index is 12.6. The summed E-state index contributed by atoms with van der Waals surface area (Å²) < 4.78 is 0. The van der Waals surface area contributed by atoms with Gasteiger partial charge in [-0.05, 0) is 23.8 Å². The van der Waals surface area contributed by atoms with E-state index in [0.717, 1.165) is 5.56 Å². The predicted octanol–water partition coefficient (Wildman–Crippen LogP) is 2.51. The monoisotopic (exact) mass is 378 g/mol. The molecule has 1 heterocycles. The molecule has 7 heteroatoms. The van der Waals surface area contributed by atoms with Crippen LogP contribution in [0.2, 0.25) is 0 Å². The molecular weight excluding hydrogens is 356 g/mol. The van der Waals surface area contributed by atoms with Crippen LogP contribution >= 0.6 is 0 Å². The molecule has 2 aromatic carbocycles. The van der Waals surface area contributed by atoms with Crippen LogP contribution in [0.25, 0.3) is 0 Å². The van der Waals surface area contributed by atoms with Crippen LogP contribution < -0.4 is 5.32 Å². The Bertz CT molecular complexity index is 922. The van der Waals surface area contributed by atoms with Crippen LogP contribution in [-0.4, -0.2) is 47.4 Å². The molecular formula is C21H22N4O3. The number of anilines is 1. The van der Waals surface area contributed by atoms with Gasteiger partial charge in [-0.2, -0.15) is 5.10 Å².